The van der Waals surface area contributed by atoms with Gasteiger partial charge in [0.1, 0.15) is 5.78 Å². The second-order valence-electron chi connectivity index (χ2n) is 30.4. The Balaban J connectivity index is 0.000000182. The number of carbonyl (C=O) groups is 3. The highest BCUT2D eigenvalue weighted by Gasteiger charge is 2.44. The minimum atomic E-state index is -1.01. The third kappa shape index (κ3) is 30.0. The number of aliphatic hydroxyl groups excluding tert-OH is 1. The molecule has 6 aliphatic rings. The Morgan fingerprint density at radius 2 is 0.730 bits per heavy atom. The number of nitrogens with zero attached hydrogens (tertiary/aromatic N) is 19. The fourth-order valence-electron chi connectivity index (χ4n) is 14.7. The molecule has 6 fully saturated rings. The number of anilines is 5. The van der Waals surface area contributed by atoms with Gasteiger partial charge >= 0.3 is 11.4 Å². The van der Waals surface area contributed by atoms with Crippen LogP contribution in [0.15, 0.2) is 213 Å². The zero-order valence-electron chi connectivity index (χ0n) is 70.9. The number of hydrogen-bond acceptors (Lipinski definition) is 21. The third-order valence-electron chi connectivity index (χ3n) is 22.2. The zero-order valence-corrected chi connectivity index (χ0v) is 71.6. The number of carbonyl (C=O) groups excluding carboxylic acids is 3. The van der Waals surface area contributed by atoms with Gasteiger partial charge in [0.25, 0.3) is 0 Å². The molecule has 10 aromatic rings. The van der Waals surface area contributed by atoms with E-state index in [0.29, 0.717) is 70.6 Å². The van der Waals surface area contributed by atoms with Gasteiger partial charge in [-0.15, -0.1) is 0 Å². The van der Waals surface area contributed by atoms with Crippen LogP contribution in [0.2, 0.25) is 0 Å². The van der Waals surface area contributed by atoms with E-state index >= 15 is 0 Å². The second kappa shape index (κ2) is 50.9. The monoisotopic (exact) mass is 1680 g/mol. The Morgan fingerprint density at radius 1 is 0.434 bits per heavy atom. The van der Waals surface area contributed by atoms with Crippen molar-refractivity contribution in [1.82, 2.24) is 48.9 Å². The van der Waals surface area contributed by atoms with Crippen LogP contribution in [0.4, 0.5) is 33.9 Å². The SMILES string of the molecule is C.C1CCOC1.CC.CCC1(C#N)CCN(c2ccn(Cc3ccccc3)n2)CC1.CCOC(=O)C1(C#N)CCN(c2ccn(Cc3ccccc3)n2)CC1.CCOC(=O)Cl.N#CC1(CO)CCN(c2ccn(Cc3ccccc3)n2)CC1.N#CC1CCN(c2ccn(Cc3ccccc3)n2)CC1.O=C1CCN(c2ccn(Cc3ccccc3)n2)CC1. The number of aliphatic hydroxyl groups is 1. The Bertz CT molecular complexity index is 4680. The van der Waals surface area contributed by atoms with E-state index in [9.17, 15) is 35.3 Å². The third-order valence-corrected chi connectivity index (χ3v) is 22.3. The molecule has 646 valence electrons. The minimum absolute atomic E-state index is 0. The Labute approximate surface area is 726 Å². The average molecular weight is 1680 g/mol. The van der Waals surface area contributed by atoms with Crippen molar-refractivity contribution in [3.05, 3.63) is 241 Å². The number of nitriles is 4. The summed E-state index contributed by atoms with van der Waals surface area (Å²) in [7, 11) is 0. The largest absolute Gasteiger partial charge is 0.465 e. The van der Waals surface area contributed by atoms with Crippen molar-refractivity contribution < 1.29 is 33.7 Å². The molecule has 5 aromatic carbocycles. The maximum atomic E-state index is 12.1. The molecule has 1 N–H and O–H groups in total. The lowest BCUT2D eigenvalue weighted by molar-refractivity contribution is -0.153. The first kappa shape index (κ1) is 95.4. The molecule has 5 aromatic heterocycles. The summed E-state index contributed by atoms with van der Waals surface area (Å²) in [5, 5.41) is 69.6. The lowest BCUT2D eigenvalue weighted by atomic mass is 9.78. The Kier molecular flexibility index (Phi) is 39.8. The van der Waals surface area contributed by atoms with Crippen molar-refractivity contribution in [3.63, 3.8) is 0 Å². The van der Waals surface area contributed by atoms with Gasteiger partial charge in [0.15, 0.2) is 34.5 Å². The maximum absolute atomic E-state index is 12.1. The van der Waals surface area contributed by atoms with Gasteiger partial charge in [0.2, 0.25) is 0 Å². The fraction of sp³-hybridized carbons (Fsp3) is 0.453. The molecule has 122 heavy (non-hydrogen) atoms. The van der Waals surface area contributed by atoms with E-state index < -0.39 is 22.2 Å². The van der Waals surface area contributed by atoms with Crippen LogP contribution >= 0.6 is 11.6 Å². The van der Waals surface area contributed by atoms with Gasteiger partial charge in [-0.25, -0.2) is 4.79 Å². The molecule has 16 rings (SSSR count). The molecule has 0 saturated carbocycles. The molecule has 0 spiro atoms. The van der Waals surface area contributed by atoms with Crippen LogP contribution in [0.3, 0.4) is 0 Å². The maximum Gasteiger partial charge on any atom is 0.403 e. The molecule has 0 bridgehead atoms. The molecule has 0 unspecified atom stereocenters. The fourth-order valence-corrected chi connectivity index (χ4v) is 14.8. The molecule has 26 nitrogen and oxygen atoms in total. The summed E-state index contributed by atoms with van der Waals surface area (Å²) in [5.74, 6) is 5.04. The quantitative estimate of drug-likeness (QED) is 0.0547. The predicted octanol–water partition coefficient (Wildman–Crippen LogP) is 16.7. The van der Waals surface area contributed by atoms with Crippen LogP contribution in [-0.2, 0) is 56.5 Å². The van der Waals surface area contributed by atoms with Gasteiger partial charge in [-0.2, -0.15) is 46.5 Å². The summed E-state index contributed by atoms with van der Waals surface area (Å²) in [6, 6.07) is 70.9. The summed E-state index contributed by atoms with van der Waals surface area (Å²) in [5.41, 5.74) is 3.73. The number of halogens is 1. The second-order valence-corrected chi connectivity index (χ2v) is 30.7. The summed E-state index contributed by atoms with van der Waals surface area (Å²) in [6.07, 6.45) is 20.9. The number of piperidine rings is 5. The number of ether oxygens (including phenoxy) is 3. The van der Waals surface area contributed by atoms with Gasteiger partial charge in [-0.1, -0.05) is 180 Å². The van der Waals surface area contributed by atoms with Gasteiger partial charge < -0.3 is 43.8 Å². The van der Waals surface area contributed by atoms with E-state index in [4.69, 9.17) is 26.3 Å². The van der Waals surface area contributed by atoms with Crippen molar-refractivity contribution in [2.45, 2.75) is 158 Å². The first-order valence-electron chi connectivity index (χ1n) is 42.5. The standard InChI is InChI=1S/C19H22N4O2.C18H22N4.C17H20N4O.C16H18N4.C15H17N3O.C4H8O.C3H5ClO2.C2H6.CH4/c1-2-25-18(24)19(15-20)9-12-22(13-10-19)17-8-11-23(21-17)14-16-6-4-3-5-7-16;1-2-18(15-19)9-12-21(13-10-18)17-8-11-22(20-17)14-16-6-4-3-5-7-16;18-13-17(14-22)7-10-20(11-8-17)16-6-9-21(19-16)12-15-4-2-1-3-5-15;17-12-14-6-9-19(10-7-14)16-8-11-20(18-16)13-15-4-2-1-3-5-15;19-14-6-9-17(10-7-14)15-8-11-18(16-15)12-13-4-2-1-3-5-13;1-2-4-5-3-1;1-2-6-3(4)5;1-2;/h3-8,11H,2,9-10,12-14H2,1H3;3-8,11H,2,9-10,12-14H2,1H3;1-6,9,22H,7-8,10-12,14H2;1-5,8,11,14H,6-7,9-10,13H2;1-5,8,11H,6-7,9-10,12H2;1-4H2;2H2,1H3;1-2H3;1H4. The molecule has 11 heterocycles. The zero-order chi connectivity index (χ0) is 85.9. The number of ketones is 1. The Hall–Kier alpha value is -12.1. The van der Waals surface area contributed by atoms with E-state index in [0.717, 1.165) is 159 Å². The van der Waals surface area contributed by atoms with Gasteiger partial charge in [-0.05, 0) is 112 Å². The van der Waals surface area contributed by atoms with Crippen molar-refractivity contribution >= 4 is 57.9 Å². The van der Waals surface area contributed by atoms with Crippen molar-refractivity contribution in [2.75, 3.05) is 123 Å². The van der Waals surface area contributed by atoms with E-state index in [-0.39, 0.29) is 25.4 Å². The van der Waals surface area contributed by atoms with Gasteiger partial charge in [-0.3, -0.25) is 33.0 Å². The Morgan fingerprint density at radius 3 is 0.975 bits per heavy atom. The molecule has 0 amide bonds. The number of Topliss-reactive ketones (excluding diaryl/α,β-unsaturated/α-hetero) is 1. The normalized spacial score (nSPS) is 16.0. The van der Waals surface area contributed by atoms with E-state index in [2.05, 4.69) is 171 Å². The number of aromatic nitrogens is 10. The lowest BCUT2D eigenvalue weighted by Gasteiger charge is -2.36. The molecule has 0 radical (unpaired) electrons. The van der Waals surface area contributed by atoms with Crippen molar-refractivity contribution in [2.24, 2.45) is 22.2 Å². The molecular formula is C95H122ClN19O7. The molecule has 0 aliphatic carbocycles. The highest BCUT2D eigenvalue weighted by atomic mass is 35.5. The van der Waals surface area contributed by atoms with E-state index in [1.54, 1.807) is 13.8 Å². The van der Waals surface area contributed by atoms with Crippen LogP contribution in [0.25, 0.3) is 0 Å². The van der Waals surface area contributed by atoms with Crippen LogP contribution in [0.1, 0.15) is 153 Å². The first-order valence-corrected chi connectivity index (χ1v) is 42.9. The molecule has 6 saturated heterocycles. The number of hydrogen-bond donors (Lipinski definition) is 1. The number of benzene rings is 5. The summed E-state index contributed by atoms with van der Waals surface area (Å²) >= 11 is 4.72. The van der Waals surface area contributed by atoms with Crippen molar-refractivity contribution in [1.29, 1.82) is 21.0 Å². The summed E-state index contributed by atoms with van der Waals surface area (Å²) < 4.78 is 23.9. The van der Waals surface area contributed by atoms with E-state index in [1.807, 2.05) is 165 Å². The van der Waals surface area contributed by atoms with Gasteiger partial charge in [0.05, 0.1) is 87.7 Å². The summed E-state index contributed by atoms with van der Waals surface area (Å²) in [4.78, 5) is 44.0. The lowest BCUT2D eigenvalue weighted by Crippen LogP contribution is -2.44. The molecule has 6 aliphatic heterocycles. The number of esters is 1. The van der Waals surface area contributed by atoms with Crippen LogP contribution < -0.4 is 24.5 Å². The average Bonchev–Trinajstić information content (AvgIpc) is 1.22. The predicted molar refractivity (Wildman–Crippen MR) is 479 cm³/mol. The van der Waals surface area contributed by atoms with Crippen LogP contribution in [-0.4, -0.2) is 170 Å². The highest BCUT2D eigenvalue weighted by Crippen LogP contribution is 2.37. The van der Waals surface area contributed by atoms with Crippen molar-refractivity contribution in [3.8, 4) is 24.3 Å². The first-order chi connectivity index (χ1) is 59.1. The van der Waals surface area contributed by atoms with Gasteiger partial charge in [0, 0.05) is 170 Å². The summed E-state index contributed by atoms with van der Waals surface area (Å²) in [6.45, 7) is 24.1. The van der Waals surface area contributed by atoms with Crippen LogP contribution in [0, 0.1) is 67.5 Å². The minimum Gasteiger partial charge on any atom is -0.465 e. The van der Waals surface area contributed by atoms with E-state index in [1.165, 1.54) is 40.7 Å². The highest BCUT2D eigenvalue weighted by molar-refractivity contribution is 6.61. The molecule has 27 heteroatoms. The smallest absolute Gasteiger partial charge is 0.403 e. The van der Waals surface area contributed by atoms with Crippen LogP contribution in [0.5, 0.6) is 0 Å². The molecular weight excluding hydrogens is 1550 g/mol. The molecule has 0 atom stereocenters. The number of rotatable bonds is 20. The topological polar surface area (TPSA) is 300 Å².